The second-order valence-electron chi connectivity index (χ2n) is 14.7. The normalized spacial score (nSPS) is 24.2. The number of aliphatic hydroxyl groups is 1. The van der Waals surface area contributed by atoms with Crippen LogP contribution in [0.3, 0.4) is 0 Å². The summed E-state index contributed by atoms with van der Waals surface area (Å²) in [5, 5.41) is 26.9. The number of terminal acetylenes is 1. The average Bonchev–Trinajstić information content (AvgIpc) is 3.96. The van der Waals surface area contributed by atoms with Crippen molar-refractivity contribution in [3.05, 3.63) is 65.9 Å². The zero-order valence-corrected chi connectivity index (χ0v) is 29.5. The molecule has 8 rings (SSSR count). The van der Waals surface area contributed by atoms with E-state index >= 15 is 8.78 Å². The molecular weight excluding hydrogens is 684 g/mol. The number of hydrogen-bond acceptors (Lipinski definition) is 10. The fourth-order valence-corrected chi connectivity index (χ4v) is 8.28. The number of ether oxygens (including phenoxy) is 3. The molecule has 0 spiro atoms. The Balaban J connectivity index is 1.32. The Labute approximate surface area is 305 Å². The van der Waals surface area contributed by atoms with Gasteiger partial charge in [-0.2, -0.15) is 0 Å². The van der Waals surface area contributed by atoms with E-state index in [1.165, 1.54) is 36.5 Å². The number of fused-ring (bicyclic) bond motifs is 3. The van der Waals surface area contributed by atoms with E-state index in [0.717, 1.165) is 32.5 Å². The van der Waals surface area contributed by atoms with Gasteiger partial charge in [0.15, 0.2) is 5.82 Å². The Hall–Kier alpha value is -4.87. The third-order valence-electron chi connectivity index (χ3n) is 11.1. The molecule has 53 heavy (non-hydrogen) atoms. The van der Waals surface area contributed by atoms with Gasteiger partial charge in [-0.1, -0.05) is 18.6 Å². The topological polar surface area (TPSA) is 130 Å². The molecule has 1 saturated carbocycles. The maximum Gasteiger partial charge on any atom is 0.243 e. The molecule has 2 aromatic heterocycles. The third kappa shape index (κ3) is 6.33. The van der Waals surface area contributed by atoms with Crippen LogP contribution in [0.2, 0.25) is 0 Å². The molecule has 2 aromatic carbocycles. The molecule has 4 aliphatic rings. The highest BCUT2D eigenvalue weighted by Gasteiger charge is 2.56. The van der Waals surface area contributed by atoms with Gasteiger partial charge in [0.05, 0.1) is 54.9 Å². The number of aromatic nitrogens is 2. The van der Waals surface area contributed by atoms with E-state index < -0.39 is 29.4 Å². The number of amides is 1. The van der Waals surface area contributed by atoms with Gasteiger partial charge in [-0.3, -0.25) is 14.7 Å². The van der Waals surface area contributed by atoms with Crippen LogP contribution in [-0.4, -0.2) is 102 Å². The number of phenolic OH excluding ortho intramolecular Hbond substituents is 1. The van der Waals surface area contributed by atoms with E-state index in [4.69, 9.17) is 25.6 Å². The Morgan fingerprint density at radius 3 is 2.70 bits per heavy atom. The van der Waals surface area contributed by atoms with Crippen molar-refractivity contribution in [2.75, 3.05) is 64.1 Å². The molecule has 13 heteroatoms. The van der Waals surface area contributed by atoms with Crippen LogP contribution < -0.4 is 15.0 Å². The van der Waals surface area contributed by atoms with Crippen LogP contribution in [0.15, 0.2) is 43.1 Å². The van der Waals surface area contributed by atoms with Crippen molar-refractivity contribution in [3.63, 3.8) is 0 Å². The van der Waals surface area contributed by atoms with E-state index in [2.05, 4.69) is 27.7 Å². The SMILES string of the molecule is C#Cc1c(F)ccc2cc(O)cc(-c3ncc4c(N5CCOCC(NC(=O)C=C)C5)c5c(nc4c3F)O[C@H](C3(CN4CCOCC4)CC3)C[C@@]5(C)O)c12. The number of pyridine rings is 2. The smallest absolute Gasteiger partial charge is 0.243 e. The number of carbonyl (C=O) groups is 1. The summed E-state index contributed by atoms with van der Waals surface area (Å²) in [6, 6.07) is 4.93. The fraction of sp³-hybridized carbons (Fsp3) is 0.425. The maximum atomic E-state index is 17.3. The predicted octanol–water partition coefficient (Wildman–Crippen LogP) is 4.39. The van der Waals surface area contributed by atoms with E-state index in [9.17, 15) is 15.0 Å². The molecule has 5 heterocycles. The number of morpholine rings is 1. The first kappa shape index (κ1) is 35.2. The zero-order chi connectivity index (χ0) is 37.1. The number of carbonyl (C=O) groups excluding carboxylic acids is 1. The van der Waals surface area contributed by atoms with Crippen molar-refractivity contribution in [2.24, 2.45) is 5.41 Å². The minimum Gasteiger partial charge on any atom is -0.508 e. The lowest BCUT2D eigenvalue weighted by Crippen LogP contribution is -2.49. The number of rotatable bonds is 7. The van der Waals surface area contributed by atoms with Crippen molar-refractivity contribution < 1.29 is 38.0 Å². The highest BCUT2D eigenvalue weighted by molar-refractivity contribution is 6.03. The van der Waals surface area contributed by atoms with Crippen LogP contribution in [0, 0.1) is 29.4 Å². The number of benzene rings is 2. The van der Waals surface area contributed by atoms with Crippen molar-refractivity contribution in [1.82, 2.24) is 20.2 Å². The van der Waals surface area contributed by atoms with Gasteiger partial charge in [0.1, 0.15) is 28.9 Å². The minimum atomic E-state index is -1.45. The number of hydrogen-bond donors (Lipinski definition) is 3. The first-order valence-electron chi connectivity index (χ1n) is 17.9. The van der Waals surface area contributed by atoms with E-state index in [0.29, 0.717) is 41.8 Å². The molecule has 3 atom stereocenters. The van der Waals surface area contributed by atoms with Crippen LogP contribution in [0.5, 0.6) is 11.6 Å². The molecule has 3 aliphatic heterocycles. The summed E-state index contributed by atoms with van der Waals surface area (Å²) in [5.41, 5.74) is -1.09. The van der Waals surface area contributed by atoms with Gasteiger partial charge in [-0.25, -0.2) is 13.8 Å². The summed E-state index contributed by atoms with van der Waals surface area (Å²) in [7, 11) is 0. The summed E-state index contributed by atoms with van der Waals surface area (Å²) in [6.45, 7) is 10.1. The van der Waals surface area contributed by atoms with Gasteiger partial charge >= 0.3 is 0 Å². The lowest BCUT2D eigenvalue weighted by molar-refractivity contribution is -0.117. The molecule has 276 valence electrons. The van der Waals surface area contributed by atoms with Gasteiger partial charge < -0.3 is 34.6 Å². The first-order chi connectivity index (χ1) is 25.5. The lowest BCUT2D eigenvalue weighted by atomic mass is 9.80. The summed E-state index contributed by atoms with van der Waals surface area (Å²) < 4.78 is 50.5. The summed E-state index contributed by atoms with van der Waals surface area (Å²) in [4.78, 5) is 26.0. The van der Waals surface area contributed by atoms with Crippen LogP contribution in [0.4, 0.5) is 14.5 Å². The molecule has 11 nitrogen and oxygen atoms in total. The number of phenols is 1. The van der Waals surface area contributed by atoms with Gasteiger partial charge in [-0.15, -0.1) is 6.42 Å². The largest absolute Gasteiger partial charge is 0.508 e. The highest BCUT2D eigenvalue weighted by Crippen LogP contribution is 2.57. The number of aromatic hydroxyl groups is 1. The molecule has 0 radical (unpaired) electrons. The first-order valence-corrected chi connectivity index (χ1v) is 17.9. The standard InChI is InChI=1S/C40H41F2N5O6/c1-4-26-29(41)7-6-23-16-25(48)17-27(32(23)26)35-34(42)36-28(19-43-35)37(47-12-15-52-21-24(20-47)44-31(49)5-2)33-38(45-36)53-30(18-39(33,3)50)40(8-9-40)22-46-10-13-51-14-11-46/h1,5-7,16-17,19,24,30,48,50H,2,8-15,18,20-22H2,3H3,(H,44,49)/t24?,30-,39+/m0/s1. The van der Waals surface area contributed by atoms with Gasteiger partial charge in [0.25, 0.3) is 0 Å². The average molecular weight is 726 g/mol. The number of halogens is 2. The Morgan fingerprint density at radius 2 is 1.96 bits per heavy atom. The van der Waals surface area contributed by atoms with Crippen molar-refractivity contribution in [1.29, 1.82) is 0 Å². The third-order valence-corrected chi connectivity index (χ3v) is 11.1. The zero-order valence-electron chi connectivity index (χ0n) is 29.5. The molecular formula is C40H41F2N5O6. The quantitative estimate of drug-likeness (QED) is 0.186. The number of anilines is 1. The molecule has 1 aliphatic carbocycles. The molecule has 3 fully saturated rings. The minimum absolute atomic E-state index is 0.0905. The van der Waals surface area contributed by atoms with Crippen LogP contribution in [0.1, 0.15) is 37.3 Å². The van der Waals surface area contributed by atoms with Crippen molar-refractivity contribution in [2.45, 2.75) is 43.9 Å². The Kier molecular flexibility index (Phi) is 8.97. The summed E-state index contributed by atoms with van der Waals surface area (Å²) >= 11 is 0. The molecule has 4 aromatic rings. The van der Waals surface area contributed by atoms with Crippen molar-refractivity contribution in [3.8, 4) is 35.2 Å². The molecule has 1 unspecified atom stereocenters. The fourth-order valence-electron chi connectivity index (χ4n) is 8.28. The second-order valence-corrected chi connectivity index (χ2v) is 14.7. The summed E-state index contributed by atoms with van der Waals surface area (Å²) in [5.74, 6) is 0.416. The second kappa shape index (κ2) is 13.5. The molecule has 2 saturated heterocycles. The van der Waals surface area contributed by atoms with Gasteiger partial charge in [-0.05, 0) is 49.4 Å². The van der Waals surface area contributed by atoms with Gasteiger partial charge in [0, 0.05) is 67.1 Å². The summed E-state index contributed by atoms with van der Waals surface area (Å²) in [6.07, 6.45) is 10.1. The van der Waals surface area contributed by atoms with Crippen LogP contribution in [0.25, 0.3) is 32.9 Å². The monoisotopic (exact) mass is 725 g/mol. The number of nitrogens with one attached hydrogen (secondary N) is 1. The van der Waals surface area contributed by atoms with E-state index in [-0.39, 0.29) is 76.9 Å². The van der Waals surface area contributed by atoms with Crippen LogP contribution in [-0.2, 0) is 19.9 Å². The molecule has 1 amide bonds. The van der Waals surface area contributed by atoms with Gasteiger partial charge in [0.2, 0.25) is 11.8 Å². The molecule has 3 N–H and O–H groups in total. The highest BCUT2D eigenvalue weighted by atomic mass is 19.1. The van der Waals surface area contributed by atoms with E-state index in [1.807, 2.05) is 4.90 Å². The Bertz CT molecular complexity index is 2180. The van der Waals surface area contributed by atoms with E-state index in [1.54, 1.807) is 6.92 Å². The number of nitrogens with zero attached hydrogens (tertiary/aromatic N) is 4. The molecule has 0 bridgehead atoms. The lowest BCUT2D eigenvalue weighted by Gasteiger charge is -2.43. The Morgan fingerprint density at radius 1 is 1.19 bits per heavy atom. The predicted molar refractivity (Wildman–Crippen MR) is 195 cm³/mol. The van der Waals surface area contributed by atoms with Crippen molar-refractivity contribution >= 4 is 33.3 Å². The van der Waals surface area contributed by atoms with Crippen LogP contribution >= 0.6 is 0 Å². The maximum absolute atomic E-state index is 17.3.